The fourth-order valence-electron chi connectivity index (χ4n) is 3.22. The molecule has 0 bridgehead atoms. The number of carbonyl (C=O) groups excluding carboxylic acids is 2. The van der Waals surface area contributed by atoms with E-state index in [4.69, 9.17) is 21.7 Å². The number of ether oxygens (including phenoxy) is 2. The SMILES string of the molecule is COCCOc1ccc(Br)cc1C(=O)NC(=S)Nc1cccc(C(=O)NC(C)c2ccccc2)c1. The van der Waals surface area contributed by atoms with E-state index in [9.17, 15) is 9.59 Å². The lowest BCUT2D eigenvalue weighted by molar-refractivity contribution is 0.0937. The molecule has 0 aliphatic carbocycles. The molecule has 1 unspecified atom stereocenters. The molecule has 1 atom stereocenters. The van der Waals surface area contributed by atoms with Crippen molar-refractivity contribution in [2.24, 2.45) is 0 Å². The molecule has 35 heavy (non-hydrogen) atoms. The second kappa shape index (κ2) is 13.0. The van der Waals surface area contributed by atoms with Crippen LogP contribution < -0.4 is 20.7 Å². The summed E-state index contributed by atoms with van der Waals surface area (Å²) in [4.78, 5) is 25.6. The van der Waals surface area contributed by atoms with Gasteiger partial charge in [0.25, 0.3) is 11.8 Å². The Morgan fingerprint density at radius 1 is 0.971 bits per heavy atom. The predicted octanol–water partition coefficient (Wildman–Crippen LogP) is 5.09. The minimum Gasteiger partial charge on any atom is -0.490 e. The van der Waals surface area contributed by atoms with Gasteiger partial charge in [-0.3, -0.25) is 14.9 Å². The summed E-state index contributed by atoms with van der Waals surface area (Å²) in [5.74, 6) is -0.231. The van der Waals surface area contributed by atoms with Crippen LogP contribution in [0, 0.1) is 0 Å². The average molecular weight is 556 g/mol. The van der Waals surface area contributed by atoms with E-state index in [0.717, 1.165) is 10.0 Å². The summed E-state index contributed by atoms with van der Waals surface area (Å²) in [6.45, 7) is 2.62. The van der Waals surface area contributed by atoms with E-state index in [1.165, 1.54) is 0 Å². The zero-order valence-electron chi connectivity index (χ0n) is 19.3. The second-order valence-electron chi connectivity index (χ2n) is 7.58. The molecule has 0 heterocycles. The average Bonchev–Trinajstić information content (AvgIpc) is 2.85. The van der Waals surface area contributed by atoms with E-state index < -0.39 is 5.91 Å². The van der Waals surface area contributed by atoms with Gasteiger partial charge >= 0.3 is 0 Å². The molecule has 7 nitrogen and oxygen atoms in total. The van der Waals surface area contributed by atoms with Gasteiger partial charge in [0.2, 0.25) is 0 Å². The van der Waals surface area contributed by atoms with Crippen LogP contribution in [0.2, 0.25) is 0 Å². The van der Waals surface area contributed by atoms with Crippen molar-refractivity contribution < 1.29 is 19.1 Å². The molecule has 0 aliphatic heterocycles. The normalized spacial score (nSPS) is 11.3. The molecule has 0 aromatic heterocycles. The van der Waals surface area contributed by atoms with E-state index in [0.29, 0.717) is 35.8 Å². The van der Waals surface area contributed by atoms with Crippen LogP contribution in [0.5, 0.6) is 5.75 Å². The highest BCUT2D eigenvalue weighted by Crippen LogP contribution is 2.23. The number of anilines is 1. The fourth-order valence-corrected chi connectivity index (χ4v) is 3.79. The molecule has 182 valence electrons. The van der Waals surface area contributed by atoms with Crippen molar-refractivity contribution in [3.8, 4) is 5.75 Å². The topological polar surface area (TPSA) is 88.7 Å². The van der Waals surface area contributed by atoms with E-state index in [1.807, 2.05) is 37.3 Å². The summed E-state index contributed by atoms with van der Waals surface area (Å²) in [6, 6.07) is 21.6. The number of benzene rings is 3. The van der Waals surface area contributed by atoms with Crippen molar-refractivity contribution in [3.05, 3.63) is 94.0 Å². The molecule has 0 spiro atoms. The number of amides is 2. The summed E-state index contributed by atoms with van der Waals surface area (Å²) in [7, 11) is 1.57. The Labute approximate surface area is 218 Å². The minimum atomic E-state index is -0.429. The molecular formula is C26H26BrN3O4S. The molecule has 0 saturated heterocycles. The molecule has 9 heteroatoms. The number of hydrogen-bond donors (Lipinski definition) is 3. The first kappa shape index (κ1) is 26.3. The van der Waals surface area contributed by atoms with Gasteiger partial charge in [0, 0.05) is 22.8 Å². The van der Waals surface area contributed by atoms with Gasteiger partial charge in [-0.25, -0.2) is 0 Å². The van der Waals surface area contributed by atoms with Crippen LogP contribution in [0.4, 0.5) is 5.69 Å². The summed E-state index contributed by atoms with van der Waals surface area (Å²) < 4.78 is 11.4. The third kappa shape index (κ3) is 7.88. The van der Waals surface area contributed by atoms with E-state index >= 15 is 0 Å². The minimum absolute atomic E-state index is 0.0908. The summed E-state index contributed by atoms with van der Waals surface area (Å²) in [5, 5.41) is 8.68. The molecule has 0 fully saturated rings. The monoisotopic (exact) mass is 555 g/mol. The zero-order valence-corrected chi connectivity index (χ0v) is 21.7. The van der Waals surface area contributed by atoms with E-state index in [2.05, 4.69) is 31.9 Å². The van der Waals surface area contributed by atoms with Crippen LogP contribution in [0.3, 0.4) is 0 Å². The van der Waals surface area contributed by atoms with Gasteiger partial charge in [-0.1, -0.05) is 52.3 Å². The maximum atomic E-state index is 12.8. The largest absolute Gasteiger partial charge is 0.490 e. The maximum Gasteiger partial charge on any atom is 0.261 e. The number of methoxy groups -OCH3 is 1. The van der Waals surface area contributed by atoms with E-state index in [1.54, 1.807) is 49.6 Å². The Morgan fingerprint density at radius 2 is 1.74 bits per heavy atom. The van der Waals surface area contributed by atoms with Crippen LogP contribution in [-0.4, -0.2) is 37.3 Å². The first-order valence-corrected chi connectivity index (χ1v) is 12.1. The first-order chi connectivity index (χ1) is 16.9. The lowest BCUT2D eigenvalue weighted by atomic mass is 10.1. The van der Waals surface area contributed by atoms with Crippen molar-refractivity contribution >= 4 is 50.8 Å². The fraction of sp³-hybridized carbons (Fsp3) is 0.192. The van der Waals surface area contributed by atoms with Crippen molar-refractivity contribution in [3.63, 3.8) is 0 Å². The number of carbonyl (C=O) groups is 2. The number of halogens is 1. The number of thiocarbonyl (C=S) groups is 1. The maximum absolute atomic E-state index is 12.8. The van der Waals surface area contributed by atoms with Crippen LogP contribution in [0.25, 0.3) is 0 Å². The van der Waals surface area contributed by atoms with Crippen molar-refractivity contribution in [1.82, 2.24) is 10.6 Å². The standard InChI is InChI=1S/C26H26BrN3O4S/c1-17(18-7-4-3-5-8-18)28-24(31)19-9-6-10-21(15-19)29-26(35)30-25(32)22-16-20(27)11-12-23(22)34-14-13-33-2/h3-12,15-17H,13-14H2,1-2H3,(H,28,31)(H2,29,30,32,35). The van der Waals surface area contributed by atoms with Gasteiger partial charge in [0.15, 0.2) is 5.11 Å². The number of rotatable bonds is 9. The van der Waals surface area contributed by atoms with Crippen LogP contribution >= 0.6 is 28.1 Å². The van der Waals surface area contributed by atoms with Gasteiger partial charge in [-0.15, -0.1) is 0 Å². The molecule has 0 radical (unpaired) electrons. The second-order valence-corrected chi connectivity index (χ2v) is 8.90. The molecule has 2 amide bonds. The van der Waals surface area contributed by atoms with Crippen molar-refractivity contribution in [2.45, 2.75) is 13.0 Å². The number of nitrogens with one attached hydrogen (secondary N) is 3. The Morgan fingerprint density at radius 3 is 2.49 bits per heavy atom. The zero-order chi connectivity index (χ0) is 25.2. The molecule has 3 rings (SSSR count). The first-order valence-electron chi connectivity index (χ1n) is 10.9. The third-order valence-electron chi connectivity index (χ3n) is 4.99. The number of hydrogen-bond acceptors (Lipinski definition) is 5. The Hall–Kier alpha value is -3.27. The Bertz CT molecular complexity index is 1190. The summed E-state index contributed by atoms with van der Waals surface area (Å²) in [6.07, 6.45) is 0. The van der Waals surface area contributed by atoms with Gasteiger partial charge in [-0.05, 0) is 61.1 Å². The van der Waals surface area contributed by atoms with Gasteiger partial charge in [0.1, 0.15) is 12.4 Å². The molecule has 0 aliphatic rings. The highest BCUT2D eigenvalue weighted by molar-refractivity contribution is 9.10. The van der Waals surface area contributed by atoms with Crippen LogP contribution in [-0.2, 0) is 4.74 Å². The third-order valence-corrected chi connectivity index (χ3v) is 5.69. The highest BCUT2D eigenvalue weighted by Gasteiger charge is 2.16. The quantitative estimate of drug-likeness (QED) is 0.251. The molecule has 0 saturated carbocycles. The van der Waals surface area contributed by atoms with E-state index in [-0.39, 0.29) is 17.1 Å². The molecule has 3 aromatic rings. The highest BCUT2D eigenvalue weighted by atomic mass is 79.9. The van der Waals surface area contributed by atoms with Crippen molar-refractivity contribution in [1.29, 1.82) is 0 Å². The smallest absolute Gasteiger partial charge is 0.261 e. The summed E-state index contributed by atoms with van der Waals surface area (Å²) in [5.41, 5.74) is 2.37. The van der Waals surface area contributed by atoms with Crippen molar-refractivity contribution in [2.75, 3.05) is 25.6 Å². The lowest BCUT2D eigenvalue weighted by Crippen LogP contribution is -2.34. The molecular weight excluding hydrogens is 530 g/mol. The van der Waals surface area contributed by atoms with Gasteiger partial charge in [0.05, 0.1) is 18.2 Å². The van der Waals surface area contributed by atoms with Crippen LogP contribution in [0.1, 0.15) is 39.2 Å². The lowest BCUT2D eigenvalue weighted by Gasteiger charge is -2.15. The molecule has 3 aromatic carbocycles. The molecule has 3 N–H and O–H groups in total. The van der Waals surface area contributed by atoms with Gasteiger partial charge < -0.3 is 20.1 Å². The Balaban J connectivity index is 1.63. The predicted molar refractivity (Wildman–Crippen MR) is 144 cm³/mol. The van der Waals surface area contributed by atoms with Crippen LogP contribution in [0.15, 0.2) is 77.3 Å². The summed E-state index contributed by atoms with van der Waals surface area (Å²) >= 11 is 8.69. The van der Waals surface area contributed by atoms with Gasteiger partial charge in [-0.2, -0.15) is 0 Å². The Kier molecular flexibility index (Phi) is 9.77.